The normalized spacial score (nSPS) is 11.8. The summed E-state index contributed by atoms with van der Waals surface area (Å²) in [7, 11) is 0. The second-order valence-electron chi connectivity index (χ2n) is 5.72. The number of esters is 1. The largest absolute Gasteiger partial charge is 0.443 e. The van der Waals surface area contributed by atoms with Crippen LogP contribution in [0.25, 0.3) is 9.88 Å². The summed E-state index contributed by atoms with van der Waals surface area (Å²) in [6.45, 7) is 4.91. The van der Waals surface area contributed by atoms with Crippen molar-refractivity contribution in [3.8, 4) is 9.88 Å². The topological polar surface area (TPSA) is 59.5 Å². The van der Waals surface area contributed by atoms with Crippen molar-refractivity contribution >= 4 is 34.6 Å². The number of nitrogens with zero attached hydrogens (tertiary/aromatic N) is 2. The van der Waals surface area contributed by atoms with Gasteiger partial charge in [0, 0.05) is 24.0 Å². The average Bonchev–Trinajstić information content (AvgIpc) is 3.39. The molecule has 2 aromatic heterocycles. The van der Waals surface area contributed by atoms with Crippen LogP contribution in [0.1, 0.15) is 36.0 Å². The van der Waals surface area contributed by atoms with Crippen molar-refractivity contribution in [1.29, 1.82) is 0 Å². The van der Waals surface area contributed by atoms with Crippen LogP contribution in [0.15, 0.2) is 53.2 Å². The maximum absolute atomic E-state index is 12.9. The molecule has 1 atom stereocenters. The summed E-state index contributed by atoms with van der Waals surface area (Å²) >= 11 is 2.95. The van der Waals surface area contributed by atoms with E-state index in [-0.39, 0.29) is 11.6 Å². The number of hydrogen-bond acceptors (Lipinski definition) is 6. The van der Waals surface area contributed by atoms with Gasteiger partial charge in [-0.25, -0.2) is 9.78 Å². The van der Waals surface area contributed by atoms with E-state index in [0.29, 0.717) is 18.7 Å². The second kappa shape index (κ2) is 8.92. The maximum atomic E-state index is 12.9. The number of thiophene rings is 1. The minimum atomic E-state index is -0.981. The highest BCUT2D eigenvalue weighted by atomic mass is 32.1. The predicted octanol–water partition coefficient (Wildman–Crippen LogP) is 4.64. The second-order valence-corrected chi connectivity index (χ2v) is 7.53. The van der Waals surface area contributed by atoms with Gasteiger partial charge < -0.3 is 9.64 Å². The number of aromatic nitrogens is 1. The van der Waals surface area contributed by atoms with E-state index in [1.807, 2.05) is 49.6 Å². The minimum Gasteiger partial charge on any atom is -0.443 e. The van der Waals surface area contributed by atoms with Crippen LogP contribution >= 0.6 is 22.7 Å². The molecule has 0 N–H and O–H groups in total. The zero-order valence-corrected chi connectivity index (χ0v) is 16.8. The Morgan fingerprint density at radius 3 is 2.44 bits per heavy atom. The molecule has 0 aliphatic rings. The quantitative estimate of drug-likeness (QED) is 0.542. The van der Waals surface area contributed by atoms with E-state index in [9.17, 15) is 9.59 Å². The molecule has 0 saturated heterocycles. The number of rotatable bonds is 7. The number of thiazole rings is 1. The monoisotopic (exact) mass is 400 g/mol. The molecule has 140 valence electrons. The van der Waals surface area contributed by atoms with Crippen LogP contribution in [-0.4, -0.2) is 34.8 Å². The lowest BCUT2D eigenvalue weighted by Gasteiger charge is -2.25. The number of benzene rings is 1. The van der Waals surface area contributed by atoms with Crippen LogP contribution in [0.3, 0.4) is 0 Å². The van der Waals surface area contributed by atoms with Crippen molar-refractivity contribution in [1.82, 2.24) is 9.88 Å². The molecule has 1 amide bonds. The van der Waals surface area contributed by atoms with Crippen molar-refractivity contribution in [2.45, 2.75) is 20.0 Å². The first-order valence-corrected chi connectivity index (χ1v) is 10.4. The van der Waals surface area contributed by atoms with E-state index in [2.05, 4.69) is 4.98 Å². The van der Waals surface area contributed by atoms with Crippen molar-refractivity contribution in [3.05, 3.63) is 64.5 Å². The number of ether oxygens (including phenoxy) is 1. The zero-order valence-electron chi connectivity index (χ0n) is 15.1. The van der Waals surface area contributed by atoms with Gasteiger partial charge in [0.25, 0.3) is 5.91 Å². The van der Waals surface area contributed by atoms with E-state index >= 15 is 0 Å². The highest BCUT2D eigenvalue weighted by Crippen LogP contribution is 2.29. The fourth-order valence-electron chi connectivity index (χ4n) is 2.64. The van der Waals surface area contributed by atoms with Gasteiger partial charge in [-0.05, 0) is 25.3 Å². The molecular weight excluding hydrogens is 380 g/mol. The Balaban J connectivity index is 1.83. The molecule has 3 aromatic rings. The fourth-order valence-corrected chi connectivity index (χ4v) is 4.24. The lowest BCUT2D eigenvalue weighted by Crippen LogP contribution is -2.36. The van der Waals surface area contributed by atoms with E-state index in [0.717, 1.165) is 9.88 Å². The molecule has 3 rings (SSSR count). The Bertz CT molecular complexity index is 887. The molecule has 1 aromatic carbocycles. The summed E-state index contributed by atoms with van der Waals surface area (Å²) in [5.41, 5.74) is 0.869. The molecule has 0 saturated carbocycles. The van der Waals surface area contributed by atoms with Gasteiger partial charge in [-0.15, -0.1) is 22.7 Å². The first kappa shape index (κ1) is 19.3. The summed E-state index contributed by atoms with van der Waals surface area (Å²) in [6, 6.07) is 13.0. The Morgan fingerprint density at radius 1 is 1.07 bits per heavy atom. The average molecular weight is 401 g/mol. The summed E-state index contributed by atoms with van der Waals surface area (Å²) in [5.74, 6) is -0.823. The molecule has 0 aliphatic heterocycles. The van der Waals surface area contributed by atoms with Gasteiger partial charge in [-0.1, -0.05) is 36.4 Å². The van der Waals surface area contributed by atoms with Gasteiger partial charge in [-0.2, -0.15) is 0 Å². The summed E-state index contributed by atoms with van der Waals surface area (Å²) in [6.07, 6.45) is -0.981. The molecule has 27 heavy (non-hydrogen) atoms. The van der Waals surface area contributed by atoms with Gasteiger partial charge in [0.05, 0.1) is 4.88 Å². The molecule has 0 spiro atoms. The Morgan fingerprint density at radius 2 is 1.81 bits per heavy atom. The number of likely N-dealkylation sites (N-methyl/N-ethyl adjacent to an activating group) is 1. The third kappa shape index (κ3) is 4.43. The Kier molecular flexibility index (Phi) is 6.36. The minimum absolute atomic E-state index is 0.219. The summed E-state index contributed by atoms with van der Waals surface area (Å²) < 4.78 is 5.62. The number of carbonyl (C=O) groups is 2. The van der Waals surface area contributed by atoms with Crippen LogP contribution in [0.2, 0.25) is 0 Å². The van der Waals surface area contributed by atoms with Crippen LogP contribution < -0.4 is 0 Å². The fraction of sp³-hybridized carbons (Fsp3) is 0.250. The lowest BCUT2D eigenvalue weighted by atomic mass is 10.1. The van der Waals surface area contributed by atoms with Gasteiger partial charge in [0.1, 0.15) is 5.01 Å². The molecule has 0 bridgehead atoms. The smallest absolute Gasteiger partial charge is 0.358 e. The van der Waals surface area contributed by atoms with Crippen molar-refractivity contribution in [3.63, 3.8) is 0 Å². The zero-order chi connectivity index (χ0) is 19.2. The van der Waals surface area contributed by atoms with Gasteiger partial charge in [0.15, 0.2) is 5.69 Å². The first-order chi connectivity index (χ1) is 13.1. The molecule has 0 fully saturated rings. The third-order valence-electron chi connectivity index (χ3n) is 4.07. The maximum Gasteiger partial charge on any atom is 0.358 e. The standard InChI is InChI=1S/C20H20N2O3S2/c1-3-22(4-2)19(23)17(14-9-6-5-7-10-14)25-20(24)15-13-27-18(21-15)16-11-8-12-26-16/h5-13,17H,3-4H2,1-2H3/t17-/m0/s1. The molecule has 0 unspecified atom stereocenters. The molecule has 2 heterocycles. The lowest BCUT2D eigenvalue weighted by molar-refractivity contribution is -0.140. The van der Waals surface area contributed by atoms with Crippen LogP contribution in [0.5, 0.6) is 0 Å². The Hall–Kier alpha value is -2.51. The van der Waals surface area contributed by atoms with E-state index in [1.54, 1.807) is 33.7 Å². The highest BCUT2D eigenvalue weighted by molar-refractivity contribution is 7.20. The van der Waals surface area contributed by atoms with E-state index in [1.165, 1.54) is 11.3 Å². The van der Waals surface area contributed by atoms with E-state index in [4.69, 9.17) is 4.74 Å². The van der Waals surface area contributed by atoms with Gasteiger partial charge >= 0.3 is 5.97 Å². The van der Waals surface area contributed by atoms with E-state index < -0.39 is 12.1 Å². The van der Waals surface area contributed by atoms with Gasteiger partial charge in [0.2, 0.25) is 6.10 Å². The number of hydrogen-bond donors (Lipinski definition) is 0. The predicted molar refractivity (Wildman–Crippen MR) is 108 cm³/mol. The first-order valence-electron chi connectivity index (χ1n) is 8.68. The summed E-state index contributed by atoms with van der Waals surface area (Å²) in [5, 5.41) is 4.40. The van der Waals surface area contributed by atoms with Crippen molar-refractivity contribution in [2.24, 2.45) is 0 Å². The van der Waals surface area contributed by atoms with Gasteiger partial charge in [-0.3, -0.25) is 4.79 Å². The van der Waals surface area contributed by atoms with Crippen molar-refractivity contribution < 1.29 is 14.3 Å². The molecule has 5 nitrogen and oxygen atoms in total. The molecular formula is C20H20N2O3S2. The number of amides is 1. The van der Waals surface area contributed by atoms with Crippen LogP contribution in [0.4, 0.5) is 0 Å². The van der Waals surface area contributed by atoms with Crippen LogP contribution in [-0.2, 0) is 9.53 Å². The molecule has 0 radical (unpaired) electrons. The highest BCUT2D eigenvalue weighted by Gasteiger charge is 2.29. The summed E-state index contributed by atoms with van der Waals surface area (Å²) in [4.78, 5) is 32.6. The number of carbonyl (C=O) groups excluding carboxylic acids is 2. The Labute approximate surface area is 166 Å². The molecule has 0 aliphatic carbocycles. The SMILES string of the molecule is CCN(CC)C(=O)[C@@H](OC(=O)c1csc(-c2cccs2)n1)c1ccccc1. The third-order valence-corrected chi connectivity index (χ3v) is 5.95. The van der Waals surface area contributed by atoms with Crippen LogP contribution in [0, 0.1) is 0 Å². The molecule has 7 heteroatoms. The van der Waals surface area contributed by atoms with Crippen molar-refractivity contribution in [2.75, 3.05) is 13.1 Å².